The van der Waals surface area contributed by atoms with Gasteiger partial charge in [0.05, 0.1) is 11.1 Å². The van der Waals surface area contributed by atoms with Gasteiger partial charge in [0.2, 0.25) is 0 Å². The molecule has 70 heavy (non-hydrogen) atoms. The van der Waals surface area contributed by atoms with Crippen LogP contribution >= 0.6 is 0 Å². The number of rotatable bonds is 6. The first-order valence-corrected chi connectivity index (χ1v) is 26.1. The van der Waals surface area contributed by atoms with Gasteiger partial charge in [-0.05, 0) is 188 Å². The van der Waals surface area contributed by atoms with Crippen molar-refractivity contribution in [1.29, 1.82) is 0 Å². The molecule has 2 fully saturated rings. The lowest BCUT2D eigenvalue weighted by atomic mass is 9.61. The van der Waals surface area contributed by atoms with Crippen LogP contribution in [0.25, 0.3) is 76.8 Å². The van der Waals surface area contributed by atoms with Gasteiger partial charge >= 0.3 is 0 Å². The molecule has 2 nitrogen and oxygen atoms in total. The third kappa shape index (κ3) is 5.62. The standard InChI is InChI=1S/C68H60N2/c1-65-37-17-19-39-67(65,3)69(49-25-13-7-14-26-49)61-35-29-47(41-59(61)65)57-43-55(45-21-9-5-10-22-45)51-32-34-54-58(44-56(46-23-11-6-12-24-46)52-31-33-53(57)63(51)64(52)54)48-30-36-62-60(42-48)66(2)38-18-20-40-68(66,4)70(62)50-27-15-8-16-28-50/h5-16,21-36,41-44H,17-20,37-40H2,1-4H3. The van der Waals surface area contributed by atoms with E-state index in [2.05, 4.69) is 232 Å². The summed E-state index contributed by atoms with van der Waals surface area (Å²) in [5.41, 5.74) is 18.6. The summed E-state index contributed by atoms with van der Waals surface area (Å²) >= 11 is 0. The molecule has 14 rings (SSSR count). The SMILES string of the molecule is CC12CCCCC1(C)N(c1ccccc1)c1ccc(-c3cc(-c4ccccc4)c4ccc5c(-c6ccc7c(c6)C6(C)CCCCC6(C)N7c6ccccc6)cc(-c6ccccc6)c6ccc3c4c65)cc12. The Balaban J connectivity index is 1.04. The van der Waals surface area contributed by atoms with Crippen LogP contribution in [0, 0.1) is 0 Å². The van der Waals surface area contributed by atoms with Gasteiger partial charge in [0, 0.05) is 33.6 Å². The highest BCUT2D eigenvalue weighted by molar-refractivity contribution is 6.32. The van der Waals surface area contributed by atoms with E-state index < -0.39 is 0 Å². The molecule has 342 valence electrons. The molecule has 4 unspecified atom stereocenters. The third-order valence-electron chi connectivity index (χ3n) is 18.9. The smallest absolute Gasteiger partial charge is 0.0517 e. The van der Waals surface area contributed by atoms with Crippen molar-refractivity contribution in [1.82, 2.24) is 0 Å². The Hall–Kier alpha value is -7.16. The Kier molecular flexibility index (Phi) is 9.05. The van der Waals surface area contributed by atoms with Crippen LogP contribution in [0.5, 0.6) is 0 Å². The van der Waals surface area contributed by atoms with Gasteiger partial charge in [-0.25, -0.2) is 0 Å². The zero-order chi connectivity index (χ0) is 47.0. The summed E-state index contributed by atoms with van der Waals surface area (Å²) in [7, 11) is 0. The second-order valence-corrected chi connectivity index (χ2v) is 22.2. The van der Waals surface area contributed by atoms with E-state index in [1.165, 1.54) is 162 Å². The Labute approximate surface area is 413 Å². The van der Waals surface area contributed by atoms with Gasteiger partial charge in [0.25, 0.3) is 0 Å². The van der Waals surface area contributed by atoms with Gasteiger partial charge in [-0.15, -0.1) is 0 Å². The molecule has 0 radical (unpaired) electrons. The molecule has 0 bridgehead atoms. The van der Waals surface area contributed by atoms with E-state index in [1.54, 1.807) is 0 Å². The Morgan fingerprint density at radius 3 is 1.01 bits per heavy atom. The third-order valence-corrected chi connectivity index (χ3v) is 18.9. The first-order valence-electron chi connectivity index (χ1n) is 26.1. The average molecular weight is 905 g/mol. The highest BCUT2D eigenvalue weighted by Crippen LogP contribution is 2.63. The summed E-state index contributed by atoms with van der Waals surface area (Å²) in [6.07, 6.45) is 9.77. The van der Waals surface area contributed by atoms with Crippen LogP contribution in [-0.2, 0) is 10.8 Å². The maximum absolute atomic E-state index is 2.70. The molecular weight excluding hydrogens is 845 g/mol. The summed E-state index contributed by atoms with van der Waals surface area (Å²) in [5.74, 6) is 0. The predicted molar refractivity (Wildman–Crippen MR) is 298 cm³/mol. The number of para-hydroxylation sites is 2. The van der Waals surface area contributed by atoms with E-state index in [-0.39, 0.29) is 21.9 Å². The molecule has 0 aromatic heterocycles. The molecule has 2 aliphatic heterocycles. The predicted octanol–water partition coefficient (Wildman–Crippen LogP) is 18.7. The Bertz CT molecular complexity index is 3430. The summed E-state index contributed by atoms with van der Waals surface area (Å²) in [6.45, 7) is 10.2. The zero-order valence-corrected chi connectivity index (χ0v) is 41.0. The van der Waals surface area contributed by atoms with Gasteiger partial charge in [-0.3, -0.25) is 0 Å². The number of anilines is 4. The van der Waals surface area contributed by atoms with Gasteiger partial charge < -0.3 is 9.80 Å². The van der Waals surface area contributed by atoms with Crippen molar-refractivity contribution in [2.75, 3.05) is 9.80 Å². The van der Waals surface area contributed by atoms with Crippen molar-refractivity contribution >= 4 is 55.1 Å². The van der Waals surface area contributed by atoms with Crippen molar-refractivity contribution in [3.8, 4) is 44.5 Å². The lowest BCUT2D eigenvalue weighted by Crippen LogP contribution is -2.54. The molecule has 4 atom stereocenters. The van der Waals surface area contributed by atoms with Gasteiger partial charge in [0.1, 0.15) is 0 Å². The number of hydrogen-bond donors (Lipinski definition) is 0. The fourth-order valence-electron chi connectivity index (χ4n) is 15.0. The molecule has 2 heterocycles. The minimum absolute atomic E-state index is 0.0120. The maximum Gasteiger partial charge on any atom is 0.0517 e. The lowest BCUT2D eigenvalue weighted by Gasteiger charge is -2.50. The molecule has 0 N–H and O–H groups in total. The topological polar surface area (TPSA) is 6.48 Å². The van der Waals surface area contributed by atoms with E-state index >= 15 is 0 Å². The van der Waals surface area contributed by atoms with Gasteiger partial charge in [0.15, 0.2) is 0 Å². The second-order valence-electron chi connectivity index (χ2n) is 22.2. The quantitative estimate of drug-likeness (QED) is 0.153. The monoisotopic (exact) mass is 904 g/mol. The molecular formula is C68H60N2. The number of hydrogen-bond acceptors (Lipinski definition) is 2. The Morgan fingerprint density at radius 1 is 0.314 bits per heavy atom. The molecule has 4 aliphatic rings. The maximum atomic E-state index is 2.70. The zero-order valence-electron chi connectivity index (χ0n) is 41.0. The van der Waals surface area contributed by atoms with Crippen LogP contribution in [0.3, 0.4) is 0 Å². The summed E-state index contributed by atoms with van der Waals surface area (Å²) < 4.78 is 0. The van der Waals surface area contributed by atoms with Crippen LogP contribution in [0.15, 0.2) is 194 Å². The van der Waals surface area contributed by atoms with Crippen LogP contribution in [0.1, 0.15) is 90.2 Å². The molecule has 0 amide bonds. The minimum Gasteiger partial charge on any atom is -0.334 e. The summed E-state index contributed by atoms with van der Waals surface area (Å²) in [5, 5.41) is 7.95. The van der Waals surface area contributed by atoms with Gasteiger partial charge in [-0.2, -0.15) is 0 Å². The highest BCUT2D eigenvalue weighted by Gasteiger charge is 2.59. The summed E-state index contributed by atoms with van der Waals surface area (Å²) in [4.78, 5) is 5.40. The van der Waals surface area contributed by atoms with Crippen LogP contribution in [-0.4, -0.2) is 11.1 Å². The highest BCUT2D eigenvalue weighted by atomic mass is 15.3. The Morgan fingerprint density at radius 2 is 0.643 bits per heavy atom. The van der Waals surface area contributed by atoms with Crippen molar-refractivity contribution in [3.63, 3.8) is 0 Å². The van der Waals surface area contributed by atoms with E-state index in [4.69, 9.17) is 0 Å². The fourth-order valence-corrected chi connectivity index (χ4v) is 15.0. The average Bonchev–Trinajstić information content (AvgIpc) is 3.75. The second kappa shape index (κ2) is 15.2. The molecule has 10 aromatic rings. The van der Waals surface area contributed by atoms with Crippen LogP contribution < -0.4 is 9.80 Å². The van der Waals surface area contributed by atoms with Crippen molar-refractivity contribution in [2.24, 2.45) is 0 Å². The first kappa shape index (κ1) is 41.8. The molecule has 0 saturated heterocycles. The van der Waals surface area contributed by atoms with E-state index in [0.717, 1.165) is 0 Å². The molecule has 0 spiro atoms. The summed E-state index contributed by atoms with van der Waals surface area (Å²) in [6, 6.07) is 74.4. The fraction of sp³-hybridized carbons (Fsp3) is 0.235. The molecule has 10 aromatic carbocycles. The normalized spacial score (nSPS) is 23.7. The number of fused-ring (bicyclic) bond motifs is 6. The van der Waals surface area contributed by atoms with Crippen LogP contribution in [0.4, 0.5) is 22.7 Å². The molecule has 2 saturated carbocycles. The molecule has 2 heteroatoms. The van der Waals surface area contributed by atoms with Crippen LogP contribution in [0.2, 0.25) is 0 Å². The van der Waals surface area contributed by atoms with E-state index in [1.807, 2.05) is 0 Å². The van der Waals surface area contributed by atoms with E-state index in [9.17, 15) is 0 Å². The lowest BCUT2D eigenvalue weighted by molar-refractivity contribution is 0.195. The van der Waals surface area contributed by atoms with Crippen molar-refractivity contribution in [3.05, 3.63) is 205 Å². The van der Waals surface area contributed by atoms with Gasteiger partial charge in [-0.1, -0.05) is 173 Å². The largest absolute Gasteiger partial charge is 0.334 e. The molecule has 2 aliphatic carbocycles. The number of benzene rings is 10. The number of nitrogens with zero attached hydrogens (tertiary/aromatic N) is 2. The first-order chi connectivity index (χ1) is 34.2. The van der Waals surface area contributed by atoms with Crippen molar-refractivity contribution < 1.29 is 0 Å². The minimum atomic E-state index is -0.0138. The van der Waals surface area contributed by atoms with Crippen molar-refractivity contribution in [2.45, 2.75) is 101 Å². The van der Waals surface area contributed by atoms with E-state index in [0.29, 0.717) is 0 Å².